The van der Waals surface area contributed by atoms with Gasteiger partial charge in [-0.3, -0.25) is 14.5 Å². The molecule has 2 fully saturated rings. The lowest BCUT2D eigenvalue weighted by Gasteiger charge is -2.31. The number of carbonyl (C=O) groups is 3. The fourth-order valence-corrected chi connectivity index (χ4v) is 3.43. The van der Waals surface area contributed by atoms with Gasteiger partial charge < -0.3 is 20.7 Å². The van der Waals surface area contributed by atoms with Crippen LogP contribution in [0.1, 0.15) is 25.3 Å². The van der Waals surface area contributed by atoms with E-state index in [1.54, 1.807) is 43.2 Å². The first-order valence-electron chi connectivity index (χ1n) is 8.67. The Morgan fingerprint density at radius 3 is 2.59 bits per heavy atom. The zero-order valence-corrected chi connectivity index (χ0v) is 16.3. The summed E-state index contributed by atoms with van der Waals surface area (Å²) >= 11 is 0. The van der Waals surface area contributed by atoms with Crippen LogP contribution in [0.2, 0.25) is 0 Å². The Balaban J connectivity index is 0.00000261. The van der Waals surface area contributed by atoms with Gasteiger partial charge in [0, 0.05) is 19.1 Å². The van der Waals surface area contributed by atoms with Crippen molar-refractivity contribution in [2.24, 2.45) is 5.73 Å². The standard InChI is InChI=1S/C18H24N4O4.ClH/c1-18(12-5-7-14(26-2)8-6-12)16(24)22(17(25)20-18)11-15(23)21-9-3-4-13(19)10-21;/h5-8,13H,3-4,9-11,19H2,1-2H3,(H,20,25);1H. The lowest BCUT2D eigenvalue weighted by atomic mass is 9.92. The molecular weight excluding hydrogens is 372 g/mol. The van der Waals surface area contributed by atoms with Gasteiger partial charge in [0.15, 0.2) is 0 Å². The first-order valence-corrected chi connectivity index (χ1v) is 8.67. The van der Waals surface area contributed by atoms with Crippen LogP contribution in [-0.4, -0.2) is 60.4 Å². The summed E-state index contributed by atoms with van der Waals surface area (Å²) in [4.78, 5) is 40.3. The van der Waals surface area contributed by atoms with Gasteiger partial charge in [0.1, 0.15) is 17.8 Å². The third-order valence-corrected chi connectivity index (χ3v) is 5.05. The third-order valence-electron chi connectivity index (χ3n) is 5.05. The molecule has 0 aromatic heterocycles. The van der Waals surface area contributed by atoms with E-state index in [1.807, 2.05) is 0 Å². The number of imide groups is 1. The molecule has 0 saturated carbocycles. The minimum absolute atomic E-state index is 0. The number of rotatable bonds is 4. The van der Waals surface area contributed by atoms with Gasteiger partial charge in [0.25, 0.3) is 5.91 Å². The molecule has 9 heteroatoms. The van der Waals surface area contributed by atoms with E-state index in [0.29, 0.717) is 24.4 Å². The number of ether oxygens (including phenoxy) is 1. The Kier molecular flexibility index (Phi) is 6.33. The summed E-state index contributed by atoms with van der Waals surface area (Å²) in [5.74, 6) is -0.0486. The predicted octanol–water partition coefficient (Wildman–Crippen LogP) is 0.834. The number of halogens is 1. The molecule has 0 spiro atoms. The summed E-state index contributed by atoms with van der Waals surface area (Å²) in [6, 6.07) is 6.28. The fraction of sp³-hybridized carbons (Fsp3) is 0.500. The minimum Gasteiger partial charge on any atom is -0.497 e. The maximum absolute atomic E-state index is 12.9. The Morgan fingerprint density at radius 1 is 1.33 bits per heavy atom. The number of nitrogens with one attached hydrogen (secondary N) is 1. The molecule has 1 aromatic rings. The summed E-state index contributed by atoms with van der Waals surface area (Å²) in [5.41, 5.74) is 5.33. The smallest absolute Gasteiger partial charge is 0.325 e. The van der Waals surface area contributed by atoms with Crippen molar-refractivity contribution >= 4 is 30.3 Å². The van der Waals surface area contributed by atoms with Crippen molar-refractivity contribution in [2.45, 2.75) is 31.3 Å². The second-order valence-electron chi connectivity index (χ2n) is 6.92. The molecule has 27 heavy (non-hydrogen) atoms. The number of nitrogens with two attached hydrogens (primary N) is 1. The Morgan fingerprint density at radius 2 is 2.00 bits per heavy atom. The summed E-state index contributed by atoms with van der Waals surface area (Å²) in [6.45, 7) is 2.42. The van der Waals surface area contributed by atoms with Gasteiger partial charge in [-0.05, 0) is 37.5 Å². The van der Waals surface area contributed by atoms with E-state index < -0.39 is 17.5 Å². The van der Waals surface area contributed by atoms with Gasteiger partial charge in [-0.2, -0.15) is 0 Å². The summed E-state index contributed by atoms with van der Waals surface area (Å²) in [7, 11) is 1.55. The van der Waals surface area contributed by atoms with Crippen molar-refractivity contribution in [1.82, 2.24) is 15.1 Å². The number of nitrogens with zero attached hydrogens (tertiary/aromatic N) is 2. The molecule has 0 aliphatic carbocycles. The average molecular weight is 397 g/mol. The number of piperidine rings is 1. The van der Waals surface area contributed by atoms with Gasteiger partial charge in [-0.15, -0.1) is 12.4 Å². The van der Waals surface area contributed by atoms with Crippen LogP contribution in [-0.2, 0) is 15.1 Å². The van der Waals surface area contributed by atoms with Crippen molar-refractivity contribution in [3.63, 3.8) is 0 Å². The molecule has 1 aromatic carbocycles. The van der Waals surface area contributed by atoms with Crippen LogP contribution in [0, 0.1) is 0 Å². The second-order valence-corrected chi connectivity index (χ2v) is 6.92. The molecule has 2 heterocycles. The molecule has 0 bridgehead atoms. The summed E-state index contributed by atoms with van der Waals surface area (Å²) < 4.78 is 5.12. The van der Waals surface area contributed by atoms with Crippen LogP contribution < -0.4 is 15.8 Å². The summed E-state index contributed by atoms with van der Waals surface area (Å²) in [6.07, 6.45) is 1.71. The monoisotopic (exact) mass is 396 g/mol. The van der Waals surface area contributed by atoms with Crippen LogP contribution in [0.5, 0.6) is 5.75 Å². The maximum Gasteiger partial charge on any atom is 0.325 e. The van der Waals surface area contributed by atoms with E-state index in [0.717, 1.165) is 17.7 Å². The van der Waals surface area contributed by atoms with Crippen LogP contribution in [0.4, 0.5) is 4.79 Å². The number of urea groups is 1. The molecule has 2 unspecified atom stereocenters. The van der Waals surface area contributed by atoms with Crippen LogP contribution >= 0.6 is 12.4 Å². The molecule has 3 rings (SSSR count). The number of likely N-dealkylation sites (tertiary alicyclic amines) is 1. The maximum atomic E-state index is 12.9. The van der Waals surface area contributed by atoms with Crippen molar-refractivity contribution < 1.29 is 19.1 Å². The quantitative estimate of drug-likeness (QED) is 0.733. The largest absolute Gasteiger partial charge is 0.497 e. The Bertz CT molecular complexity index is 727. The van der Waals surface area contributed by atoms with Gasteiger partial charge in [0.2, 0.25) is 5.91 Å². The molecule has 2 aliphatic rings. The van der Waals surface area contributed by atoms with E-state index in [9.17, 15) is 14.4 Å². The molecule has 2 aliphatic heterocycles. The minimum atomic E-state index is -1.21. The first kappa shape index (κ1) is 21.0. The summed E-state index contributed by atoms with van der Waals surface area (Å²) in [5, 5.41) is 2.70. The molecule has 4 amide bonds. The zero-order valence-electron chi connectivity index (χ0n) is 15.4. The molecule has 2 saturated heterocycles. The van der Waals surface area contributed by atoms with E-state index in [4.69, 9.17) is 10.5 Å². The van der Waals surface area contributed by atoms with Gasteiger partial charge in [-0.1, -0.05) is 12.1 Å². The van der Waals surface area contributed by atoms with Crippen molar-refractivity contribution in [1.29, 1.82) is 0 Å². The topological polar surface area (TPSA) is 105 Å². The predicted molar refractivity (Wildman–Crippen MR) is 102 cm³/mol. The van der Waals surface area contributed by atoms with Gasteiger partial charge in [-0.25, -0.2) is 4.79 Å². The lowest BCUT2D eigenvalue weighted by Crippen LogP contribution is -2.50. The molecular formula is C18H25ClN4O4. The highest BCUT2D eigenvalue weighted by Crippen LogP contribution is 2.30. The van der Waals surface area contributed by atoms with E-state index in [1.165, 1.54) is 0 Å². The van der Waals surface area contributed by atoms with E-state index in [2.05, 4.69) is 5.32 Å². The highest BCUT2D eigenvalue weighted by atomic mass is 35.5. The van der Waals surface area contributed by atoms with Gasteiger partial charge >= 0.3 is 6.03 Å². The second kappa shape index (κ2) is 8.14. The van der Waals surface area contributed by atoms with E-state index >= 15 is 0 Å². The first-order chi connectivity index (χ1) is 12.3. The van der Waals surface area contributed by atoms with Crippen molar-refractivity contribution in [2.75, 3.05) is 26.7 Å². The average Bonchev–Trinajstić information content (AvgIpc) is 2.86. The van der Waals surface area contributed by atoms with Crippen LogP contribution in [0.3, 0.4) is 0 Å². The van der Waals surface area contributed by atoms with Crippen LogP contribution in [0.15, 0.2) is 24.3 Å². The zero-order chi connectivity index (χ0) is 18.9. The number of amides is 4. The molecule has 148 valence electrons. The number of hydrogen-bond acceptors (Lipinski definition) is 5. The van der Waals surface area contributed by atoms with Crippen LogP contribution in [0.25, 0.3) is 0 Å². The van der Waals surface area contributed by atoms with E-state index in [-0.39, 0.29) is 30.9 Å². The highest BCUT2D eigenvalue weighted by molar-refractivity contribution is 6.09. The Hall–Kier alpha value is -2.32. The van der Waals surface area contributed by atoms with Crippen molar-refractivity contribution in [3.8, 4) is 5.75 Å². The number of methoxy groups -OCH3 is 1. The highest BCUT2D eigenvalue weighted by Gasteiger charge is 2.49. The number of hydrogen-bond donors (Lipinski definition) is 2. The normalized spacial score (nSPS) is 25.1. The lowest BCUT2D eigenvalue weighted by molar-refractivity contribution is -0.139. The number of carbonyl (C=O) groups excluding carboxylic acids is 3. The molecule has 0 radical (unpaired) electrons. The van der Waals surface area contributed by atoms with Crippen molar-refractivity contribution in [3.05, 3.63) is 29.8 Å². The Labute approximate surface area is 164 Å². The SMILES string of the molecule is COc1ccc(C2(C)NC(=O)N(CC(=O)N3CCCC(N)C3)C2=O)cc1.Cl. The molecule has 8 nitrogen and oxygen atoms in total. The molecule has 2 atom stereocenters. The molecule has 3 N–H and O–H groups in total. The third kappa shape index (κ3) is 4.01. The number of benzene rings is 1. The van der Waals surface area contributed by atoms with Gasteiger partial charge in [0.05, 0.1) is 7.11 Å². The fourth-order valence-electron chi connectivity index (χ4n) is 3.43.